The van der Waals surface area contributed by atoms with E-state index in [-0.39, 0.29) is 11.4 Å². The van der Waals surface area contributed by atoms with Gasteiger partial charge in [0.1, 0.15) is 11.6 Å². The zero-order valence-corrected chi connectivity index (χ0v) is 10.1. The number of hydrogen-bond acceptors (Lipinski definition) is 4. The Hall–Kier alpha value is -2.42. The molecule has 1 unspecified atom stereocenters. The number of benzene rings is 1. The van der Waals surface area contributed by atoms with Crippen LogP contribution >= 0.6 is 0 Å². The predicted octanol–water partition coefficient (Wildman–Crippen LogP) is 2.39. The summed E-state index contributed by atoms with van der Waals surface area (Å²) in [5.74, 6) is -1.32. The molecule has 0 fully saturated rings. The number of carbonyl (C=O) groups is 1. The normalized spacial score (nSPS) is 11.4. The van der Waals surface area contributed by atoms with Crippen molar-refractivity contribution in [2.24, 2.45) is 5.92 Å². The quantitative estimate of drug-likeness (QED) is 0.652. The number of nitro benzene ring substituents is 1. The van der Waals surface area contributed by atoms with Crippen molar-refractivity contribution in [3.63, 3.8) is 0 Å². The molecule has 1 aromatic carbocycles. The first-order valence-electron chi connectivity index (χ1n) is 5.45. The highest BCUT2D eigenvalue weighted by atomic mass is 16.6. The Kier molecular flexibility index (Phi) is 4.38. The smallest absolute Gasteiger partial charge is 0.293 e. The topological polar surface area (TPSA) is 96.0 Å². The van der Waals surface area contributed by atoms with Gasteiger partial charge in [0, 0.05) is 6.07 Å². The lowest BCUT2D eigenvalue weighted by atomic mass is 10.1. The van der Waals surface area contributed by atoms with Gasteiger partial charge in [0.05, 0.1) is 11.0 Å². The largest absolute Gasteiger partial charge is 0.319 e. The van der Waals surface area contributed by atoms with E-state index in [1.807, 2.05) is 6.07 Å². The maximum Gasteiger partial charge on any atom is 0.293 e. The Bertz CT molecular complexity index is 520. The molecular weight excluding hydrogens is 234 g/mol. The van der Waals surface area contributed by atoms with Crippen LogP contribution in [0.25, 0.3) is 0 Å². The summed E-state index contributed by atoms with van der Waals surface area (Å²) in [6.07, 6.45) is 0.363. The molecule has 0 aliphatic rings. The summed E-state index contributed by atoms with van der Waals surface area (Å²) in [6.45, 7) is 3.43. The average Bonchev–Trinajstić information content (AvgIpc) is 2.32. The van der Waals surface area contributed by atoms with E-state index in [2.05, 4.69) is 5.32 Å². The maximum atomic E-state index is 11.7. The lowest BCUT2D eigenvalue weighted by Gasteiger charge is -2.08. The van der Waals surface area contributed by atoms with Gasteiger partial charge < -0.3 is 5.32 Å². The van der Waals surface area contributed by atoms with Crippen molar-refractivity contribution >= 4 is 17.3 Å². The van der Waals surface area contributed by atoms with Gasteiger partial charge in [-0.05, 0) is 25.0 Å². The molecule has 6 heteroatoms. The third-order valence-corrected chi connectivity index (χ3v) is 2.49. The van der Waals surface area contributed by atoms with Crippen molar-refractivity contribution in [1.82, 2.24) is 0 Å². The number of hydrogen-bond donors (Lipinski definition) is 1. The zero-order chi connectivity index (χ0) is 13.7. The average molecular weight is 247 g/mol. The van der Waals surface area contributed by atoms with Crippen molar-refractivity contribution in [2.75, 3.05) is 5.32 Å². The molecule has 1 rings (SSSR count). The Morgan fingerprint density at radius 2 is 2.28 bits per heavy atom. The summed E-state index contributed by atoms with van der Waals surface area (Å²) in [5, 5.41) is 22.0. The fourth-order valence-electron chi connectivity index (χ4n) is 1.45. The minimum Gasteiger partial charge on any atom is -0.319 e. The van der Waals surface area contributed by atoms with Crippen LogP contribution in [0.1, 0.15) is 18.9 Å². The highest BCUT2D eigenvalue weighted by Gasteiger charge is 2.20. The molecular formula is C12H13N3O3. The molecule has 6 nitrogen and oxygen atoms in total. The molecule has 0 heterocycles. The van der Waals surface area contributed by atoms with E-state index in [0.29, 0.717) is 6.42 Å². The minimum atomic E-state index is -0.800. The van der Waals surface area contributed by atoms with Crippen LogP contribution in [0, 0.1) is 34.3 Å². The molecule has 0 aromatic heterocycles. The Morgan fingerprint density at radius 3 is 2.78 bits per heavy atom. The van der Waals surface area contributed by atoms with Crippen molar-refractivity contribution in [3.8, 4) is 6.07 Å². The molecule has 1 N–H and O–H groups in total. The molecule has 0 saturated heterocycles. The summed E-state index contributed by atoms with van der Waals surface area (Å²) in [7, 11) is 0. The number of carbonyl (C=O) groups excluding carboxylic acids is 1. The molecule has 0 aliphatic carbocycles. The summed E-state index contributed by atoms with van der Waals surface area (Å²) in [5.41, 5.74) is 0.674. The number of nitro groups is 1. The van der Waals surface area contributed by atoms with Crippen LogP contribution in [-0.4, -0.2) is 10.8 Å². The number of nitrogens with zero attached hydrogens (tertiary/aromatic N) is 2. The van der Waals surface area contributed by atoms with Crippen molar-refractivity contribution in [2.45, 2.75) is 20.3 Å². The van der Waals surface area contributed by atoms with Crippen molar-refractivity contribution in [3.05, 3.63) is 33.9 Å². The molecule has 0 saturated carbocycles. The molecule has 0 radical (unpaired) electrons. The van der Waals surface area contributed by atoms with E-state index >= 15 is 0 Å². The first-order valence-corrected chi connectivity index (χ1v) is 5.45. The fourth-order valence-corrected chi connectivity index (χ4v) is 1.45. The predicted molar refractivity (Wildman–Crippen MR) is 65.9 cm³/mol. The van der Waals surface area contributed by atoms with E-state index in [4.69, 9.17) is 5.26 Å². The Morgan fingerprint density at radius 1 is 1.61 bits per heavy atom. The van der Waals surface area contributed by atoms with Crippen LogP contribution in [0.5, 0.6) is 0 Å². The third kappa shape index (κ3) is 3.04. The highest BCUT2D eigenvalue weighted by Crippen LogP contribution is 2.25. The SMILES string of the molecule is CCC(C#N)C(=O)Nc1ccc(C)cc1[N+](=O)[O-]. The first-order chi connectivity index (χ1) is 8.49. The number of amides is 1. The lowest BCUT2D eigenvalue weighted by molar-refractivity contribution is -0.384. The monoisotopic (exact) mass is 247 g/mol. The van der Waals surface area contributed by atoms with E-state index < -0.39 is 16.7 Å². The highest BCUT2D eigenvalue weighted by molar-refractivity contribution is 5.96. The molecule has 1 atom stereocenters. The fraction of sp³-hybridized carbons (Fsp3) is 0.333. The van der Waals surface area contributed by atoms with Crippen LogP contribution < -0.4 is 5.32 Å². The lowest BCUT2D eigenvalue weighted by Crippen LogP contribution is -2.21. The van der Waals surface area contributed by atoms with Crippen LogP contribution in [-0.2, 0) is 4.79 Å². The van der Waals surface area contributed by atoms with E-state index in [9.17, 15) is 14.9 Å². The van der Waals surface area contributed by atoms with Crippen molar-refractivity contribution < 1.29 is 9.72 Å². The molecule has 94 valence electrons. The molecule has 0 aliphatic heterocycles. The van der Waals surface area contributed by atoms with Gasteiger partial charge in [-0.2, -0.15) is 5.26 Å². The maximum absolute atomic E-state index is 11.7. The van der Waals surface area contributed by atoms with Gasteiger partial charge in [-0.3, -0.25) is 14.9 Å². The van der Waals surface area contributed by atoms with Crippen LogP contribution in [0.4, 0.5) is 11.4 Å². The Labute approximate surface area is 104 Å². The summed E-state index contributed by atoms with van der Waals surface area (Å²) >= 11 is 0. The van der Waals surface area contributed by atoms with Gasteiger partial charge in [0.2, 0.25) is 5.91 Å². The third-order valence-electron chi connectivity index (χ3n) is 2.49. The summed E-state index contributed by atoms with van der Waals surface area (Å²) < 4.78 is 0. The van der Waals surface area contributed by atoms with E-state index in [1.54, 1.807) is 19.9 Å². The molecule has 1 amide bonds. The van der Waals surface area contributed by atoms with E-state index in [0.717, 1.165) is 5.56 Å². The molecule has 1 aromatic rings. The van der Waals surface area contributed by atoms with Crippen LogP contribution in [0.2, 0.25) is 0 Å². The minimum absolute atomic E-state index is 0.115. The molecule has 18 heavy (non-hydrogen) atoms. The molecule has 0 spiro atoms. The van der Waals surface area contributed by atoms with Crippen LogP contribution in [0.3, 0.4) is 0 Å². The Balaban J connectivity index is 3.02. The molecule has 0 bridgehead atoms. The summed E-state index contributed by atoms with van der Waals surface area (Å²) in [6, 6.07) is 6.36. The van der Waals surface area contributed by atoms with Gasteiger partial charge in [-0.25, -0.2) is 0 Å². The number of nitrogens with one attached hydrogen (secondary N) is 1. The van der Waals surface area contributed by atoms with Crippen LogP contribution in [0.15, 0.2) is 18.2 Å². The second kappa shape index (κ2) is 5.77. The first kappa shape index (κ1) is 13.6. The van der Waals surface area contributed by atoms with Gasteiger partial charge in [0.25, 0.3) is 5.69 Å². The van der Waals surface area contributed by atoms with Gasteiger partial charge in [-0.1, -0.05) is 13.0 Å². The zero-order valence-electron chi connectivity index (χ0n) is 10.1. The van der Waals surface area contributed by atoms with Gasteiger partial charge in [0.15, 0.2) is 0 Å². The van der Waals surface area contributed by atoms with Gasteiger partial charge in [-0.15, -0.1) is 0 Å². The second-order valence-electron chi connectivity index (χ2n) is 3.86. The number of rotatable bonds is 4. The number of aryl methyl sites for hydroxylation is 1. The van der Waals surface area contributed by atoms with Crippen molar-refractivity contribution in [1.29, 1.82) is 5.26 Å². The second-order valence-corrected chi connectivity index (χ2v) is 3.86. The number of anilines is 1. The standard InChI is InChI=1S/C12H13N3O3/c1-3-9(7-13)12(16)14-10-5-4-8(2)6-11(10)15(17)18/h4-6,9H,3H2,1-2H3,(H,14,16). The van der Waals surface area contributed by atoms with E-state index in [1.165, 1.54) is 12.1 Å². The van der Waals surface area contributed by atoms with Gasteiger partial charge >= 0.3 is 0 Å². The summed E-state index contributed by atoms with van der Waals surface area (Å²) in [4.78, 5) is 22.0. The number of nitriles is 1.